The zero-order chi connectivity index (χ0) is 23.3. The molecule has 2 aliphatic heterocycles. The third-order valence-corrected chi connectivity index (χ3v) is 5.80. The van der Waals surface area contributed by atoms with Gasteiger partial charge in [0.25, 0.3) is 5.91 Å². The number of hydrogen-bond donors (Lipinski definition) is 1. The molecule has 0 atom stereocenters. The molecule has 2 aromatic carbocycles. The molecule has 1 amide bonds. The first-order chi connectivity index (χ1) is 15.7. The fraction of sp³-hybridized carbons (Fsp3) is 0.167. The molecule has 3 aromatic rings. The predicted octanol–water partition coefficient (Wildman–Crippen LogP) is 4.94. The van der Waals surface area contributed by atoms with Crippen LogP contribution in [0.3, 0.4) is 0 Å². The molecule has 2 aliphatic rings. The fourth-order valence-corrected chi connectivity index (χ4v) is 4.25. The van der Waals surface area contributed by atoms with Crippen LogP contribution in [0.25, 0.3) is 0 Å². The average Bonchev–Trinajstić information content (AvgIpc) is 2.79. The van der Waals surface area contributed by atoms with Crippen LogP contribution < -0.4 is 15.4 Å². The number of pyridine rings is 1. The number of amides is 1. The molecule has 5 nitrogen and oxygen atoms in total. The van der Waals surface area contributed by atoms with E-state index < -0.39 is 23.5 Å². The van der Waals surface area contributed by atoms with Gasteiger partial charge in [0.1, 0.15) is 12.5 Å². The molecule has 0 unspecified atom stereocenters. The lowest BCUT2D eigenvalue weighted by molar-refractivity contribution is -0.137. The van der Waals surface area contributed by atoms with Gasteiger partial charge in [0.15, 0.2) is 0 Å². The van der Waals surface area contributed by atoms with Crippen LogP contribution in [0.4, 0.5) is 34.6 Å². The Morgan fingerprint density at radius 2 is 1.55 bits per heavy atom. The number of nitrogens with zero attached hydrogens (tertiary/aromatic N) is 2. The van der Waals surface area contributed by atoms with Crippen molar-refractivity contribution in [3.8, 4) is 0 Å². The Morgan fingerprint density at radius 1 is 0.818 bits per heavy atom. The number of allylic oxidation sites excluding steroid dienone is 2. The molecule has 0 saturated heterocycles. The molecule has 2 bridgehead atoms. The number of alkyl halides is 3. The van der Waals surface area contributed by atoms with Gasteiger partial charge in [-0.25, -0.2) is 4.39 Å². The largest absolute Gasteiger partial charge is 0.416 e. The van der Waals surface area contributed by atoms with Crippen molar-refractivity contribution in [2.75, 3.05) is 16.5 Å². The van der Waals surface area contributed by atoms with E-state index in [1.807, 2.05) is 6.08 Å². The summed E-state index contributed by atoms with van der Waals surface area (Å²) in [5, 5.41) is 0. The van der Waals surface area contributed by atoms with Gasteiger partial charge in [0.2, 0.25) is 5.56 Å². The van der Waals surface area contributed by atoms with Crippen LogP contribution in [0.2, 0.25) is 0 Å². The van der Waals surface area contributed by atoms with Crippen LogP contribution in [0.5, 0.6) is 0 Å². The first-order valence-electron chi connectivity index (χ1n) is 10.2. The van der Waals surface area contributed by atoms with Crippen molar-refractivity contribution < 1.29 is 22.4 Å². The molecule has 168 valence electrons. The molecule has 0 fully saturated rings. The molecule has 33 heavy (non-hydrogen) atoms. The maximum absolute atomic E-state index is 14.0. The number of halogens is 4. The van der Waals surface area contributed by atoms with Gasteiger partial charge < -0.3 is 9.88 Å². The van der Waals surface area contributed by atoms with Gasteiger partial charge in [-0.15, -0.1) is 0 Å². The molecular weight excluding hydrogens is 438 g/mol. The first kappa shape index (κ1) is 21.0. The van der Waals surface area contributed by atoms with Crippen LogP contribution in [0, 0.1) is 5.82 Å². The van der Waals surface area contributed by atoms with Crippen LogP contribution in [0.1, 0.15) is 27.2 Å². The second-order valence-corrected chi connectivity index (χ2v) is 7.87. The van der Waals surface area contributed by atoms with Gasteiger partial charge >= 0.3 is 6.18 Å². The fourth-order valence-electron chi connectivity index (χ4n) is 4.25. The number of rotatable bonds is 0. The third-order valence-electron chi connectivity index (χ3n) is 5.80. The van der Waals surface area contributed by atoms with Crippen molar-refractivity contribution in [2.24, 2.45) is 0 Å². The summed E-state index contributed by atoms with van der Waals surface area (Å²) in [6, 6.07) is 9.99. The lowest BCUT2D eigenvalue weighted by Crippen LogP contribution is -2.46. The minimum atomic E-state index is -4.63. The van der Waals surface area contributed by atoms with Gasteiger partial charge in [-0.1, -0.05) is 12.2 Å². The van der Waals surface area contributed by atoms with Crippen LogP contribution in [-0.2, 0) is 19.0 Å². The Hall–Kier alpha value is -3.88. The highest BCUT2D eigenvalue weighted by molar-refractivity contribution is 6.13. The highest BCUT2D eigenvalue weighted by Gasteiger charge is 2.37. The van der Waals surface area contributed by atoms with Crippen molar-refractivity contribution in [3.05, 3.63) is 99.2 Å². The summed E-state index contributed by atoms with van der Waals surface area (Å²) in [7, 11) is 0. The molecule has 0 radical (unpaired) electrons. The van der Waals surface area contributed by atoms with Crippen molar-refractivity contribution in [1.29, 1.82) is 0 Å². The molecule has 0 saturated carbocycles. The third kappa shape index (κ3) is 3.69. The second kappa shape index (κ2) is 7.61. The molecular formula is C24H17F4N3O2. The summed E-state index contributed by atoms with van der Waals surface area (Å²) in [6.45, 7) is -0.0190. The minimum absolute atomic E-state index is 0.0190. The second-order valence-electron chi connectivity index (χ2n) is 7.87. The van der Waals surface area contributed by atoms with Gasteiger partial charge in [-0.3, -0.25) is 14.5 Å². The number of nitrogens with one attached hydrogen (secondary N) is 1. The first-order valence-corrected chi connectivity index (χ1v) is 10.2. The Balaban J connectivity index is 1.78. The summed E-state index contributed by atoms with van der Waals surface area (Å²) in [5.41, 5.74) is 0.912. The number of aromatic nitrogens is 1. The molecule has 9 heteroatoms. The van der Waals surface area contributed by atoms with E-state index >= 15 is 0 Å². The zero-order valence-electron chi connectivity index (χ0n) is 17.1. The SMILES string of the molecule is O=C1c2cc(C(F)(F)F)ccc2N2CN1c1ccc(=O)[nH]c1C/C=C\Cc1cc(F)ccc12. The summed E-state index contributed by atoms with van der Waals surface area (Å²) < 4.78 is 54.3. The maximum atomic E-state index is 14.0. The van der Waals surface area contributed by atoms with Crippen molar-refractivity contribution >= 4 is 23.0 Å². The van der Waals surface area contributed by atoms with Gasteiger partial charge in [0.05, 0.1) is 22.5 Å². The van der Waals surface area contributed by atoms with Gasteiger partial charge in [-0.2, -0.15) is 13.2 Å². The normalized spacial score (nSPS) is 16.4. The monoisotopic (exact) mass is 455 g/mol. The van der Waals surface area contributed by atoms with Crippen LogP contribution in [0.15, 0.2) is 65.5 Å². The number of benzene rings is 2. The molecule has 1 N–H and O–H groups in total. The highest BCUT2D eigenvalue weighted by atomic mass is 19.4. The number of hydrogen-bond acceptors (Lipinski definition) is 3. The summed E-state index contributed by atoms with van der Waals surface area (Å²) >= 11 is 0. The lowest BCUT2D eigenvalue weighted by Gasteiger charge is -2.39. The molecule has 5 rings (SSSR count). The molecule has 0 spiro atoms. The van der Waals surface area contributed by atoms with E-state index in [1.165, 1.54) is 35.2 Å². The standard InChI is InChI=1S/C24H17F4N3O2/c25-16-6-8-19-14(11-16)3-1-2-4-18-21(9-10-22(32)29-18)31-13-30(19)20-7-5-15(24(26,27)28)12-17(20)23(31)33/h1-2,5-12H,3-4,13H2,(H,29,32)/b2-1-. The highest BCUT2D eigenvalue weighted by Crippen LogP contribution is 2.41. The Bertz CT molecular complexity index is 1360. The van der Waals surface area contributed by atoms with Gasteiger partial charge in [0, 0.05) is 23.9 Å². The summed E-state index contributed by atoms with van der Waals surface area (Å²) in [5.74, 6) is -1.06. The number of anilines is 3. The Labute approximate surface area is 185 Å². The van der Waals surface area contributed by atoms with Crippen molar-refractivity contribution in [2.45, 2.75) is 19.0 Å². The Kier molecular flexibility index (Phi) is 4.84. The van der Waals surface area contributed by atoms with Crippen LogP contribution in [-0.4, -0.2) is 17.6 Å². The summed E-state index contributed by atoms with van der Waals surface area (Å²) in [4.78, 5) is 31.1. The van der Waals surface area contributed by atoms with E-state index in [4.69, 9.17) is 0 Å². The van der Waals surface area contributed by atoms with E-state index in [0.717, 1.165) is 12.1 Å². The predicted molar refractivity (Wildman–Crippen MR) is 115 cm³/mol. The number of carbonyl (C=O) groups is 1. The molecule has 1 aromatic heterocycles. The van der Waals surface area contributed by atoms with E-state index in [-0.39, 0.29) is 24.2 Å². The number of aromatic amines is 1. The van der Waals surface area contributed by atoms with E-state index in [0.29, 0.717) is 34.7 Å². The van der Waals surface area contributed by atoms with Gasteiger partial charge in [-0.05, 0) is 54.4 Å². The number of H-pyrrole nitrogens is 1. The number of carbonyl (C=O) groups excluding carboxylic acids is 1. The minimum Gasteiger partial charge on any atom is -0.324 e. The van der Waals surface area contributed by atoms with E-state index in [9.17, 15) is 27.2 Å². The topological polar surface area (TPSA) is 56.4 Å². The summed E-state index contributed by atoms with van der Waals surface area (Å²) in [6.07, 6.45) is -0.349. The molecule has 0 aliphatic carbocycles. The maximum Gasteiger partial charge on any atom is 0.416 e. The smallest absolute Gasteiger partial charge is 0.324 e. The number of fused-ring (bicyclic) bond motifs is 8. The Morgan fingerprint density at radius 3 is 2.33 bits per heavy atom. The van der Waals surface area contributed by atoms with E-state index in [2.05, 4.69) is 4.98 Å². The quantitative estimate of drug-likeness (QED) is 0.386. The van der Waals surface area contributed by atoms with Crippen molar-refractivity contribution in [1.82, 2.24) is 4.98 Å². The zero-order valence-corrected chi connectivity index (χ0v) is 17.1. The average molecular weight is 455 g/mol. The van der Waals surface area contributed by atoms with E-state index in [1.54, 1.807) is 17.0 Å². The van der Waals surface area contributed by atoms with Crippen molar-refractivity contribution in [3.63, 3.8) is 0 Å². The molecule has 3 heterocycles. The van der Waals surface area contributed by atoms with Crippen LogP contribution >= 0.6 is 0 Å². The lowest BCUT2D eigenvalue weighted by atomic mass is 10.0.